The molecule has 0 aliphatic rings. The number of nitrogens with zero attached hydrogens (tertiary/aromatic N) is 1. The highest BCUT2D eigenvalue weighted by atomic mass is 16.5. The van der Waals surface area contributed by atoms with Crippen LogP contribution in [0.3, 0.4) is 0 Å². The molecule has 2 heterocycles. The normalized spacial score (nSPS) is 10.7. The number of benzene rings is 1. The lowest BCUT2D eigenvalue weighted by Gasteiger charge is -2.06. The van der Waals surface area contributed by atoms with E-state index in [0.717, 1.165) is 11.1 Å². The van der Waals surface area contributed by atoms with E-state index in [4.69, 9.17) is 9.47 Å². The minimum atomic E-state index is -0.355. The lowest BCUT2D eigenvalue weighted by Crippen LogP contribution is -2.07. The standard InChI is InChI=1S/C20H19NO4/c1-4-25-20(23)18-10-16-9-15(12-21(16)11-13(18)2)19(22)14-5-7-17(24-3)8-6-14/h5-12H,4H2,1-3H3. The molecule has 0 spiro atoms. The number of rotatable bonds is 5. The Kier molecular flexibility index (Phi) is 4.57. The second-order valence-electron chi connectivity index (χ2n) is 5.71. The Balaban J connectivity index is 1.97. The predicted molar refractivity (Wildman–Crippen MR) is 94.5 cm³/mol. The van der Waals surface area contributed by atoms with E-state index in [-0.39, 0.29) is 11.8 Å². The van der Waals surface area contributed by atoms with E-state index < -0.39 is 0 Å². The van der Waals surface area contributed by atoms with Crippen molar-refractivity contribution in [2.24, 2.45) is 0 Å². The van der Waals surface area contributed by atoms with Crippen molar-refractivity contribution >= 4 is 17.3 Å². The Morgan fingerprint density at radius 3 is 2.40 bits per heavy atom. The van der Waals surface area contributed by atoms with Gasteiger partial charge in [-0.2, -0.15) is 0 Å². The quantitative estimate of drug-likeness (QED) is 0.526. The molecule has 5 heteroatoms. The Bertz CT molecular complexity index is 938. The summed E-state index contributed by atoms with van der Waals surface area (Å²) in [5.41, 5.74) is 3.22. The van der Waals surface area contributed by atoms with Crippen LogP contribution in [-0.2, 0) is 4.74 Å². The molecule has 0 N–H and O–H groups in total. The van der Waals surface area contributed by atoms with Gasteiger partial charge in [0.25, 0.3) is 0 Å². The first kappa shape index (κ1) is 16.8. The van der Waals surface area contributed by atoms with Crippen LogP contribution in [0.15, 0.2) is 48.8 Å². The third-order valence-electron chi connectivity index (χ3n) is 4.04. The highest BCUT2D eigenvalue weighted by Crippen LogP contribution is 2.20. The average molecular weight is 337 g/mol. The minimum Gasteiger partial charge on any atom is -0.497 e. The minimum absolute atomic E-state index is 0.0818. The summed E-state index contributed by atoms with van der Waals surface area (Å²) < 4.78 is 12.0. The summed E-state index contributed by atoms with van der Waals surface area (Å²) in [5, 5.41) is 0. The van der Waals surface area contributed by atoms with E-state index in [9.17, 15) is 9.59 Å². The molecule has 0 unspecified atom stereocenters. The monoisotopic (exact) mass is 337 g/mol. The van der Waals surface area contributed by atoms with Crippen molar-refractivity contribution < 1.29 is 19.1 Å². The number of carbonyl (C=O) groups is 2. The summed E-state index contributed by atoms with van der Waals surface area (Å²) >= 11 is 0. The second-order valence-corrected chi connectivity index (χ2v) is 5.71. The van der Waals surface area contributed by atoms with Crippen LogP contribution in [0.2, 0.25) is 0 Å². The Morgan fingerprint density at radius 2 is 1.76 bits per heavy atom. The fourth-order valence-corrected chi connectivity index (χ4v) is 2.73. The third-order valence-corrected chi connectivity index (χ3v) is 4.04. The van der Waals surface area contributed by atoms with E-state index in [2.05, 4.69) is 0 Å². The van der Waals surface area contributed by atoms with Crippen LogP contribution < -0.4 is 4.74 Å². The largest absolute Gasteiger partial charge is 0.497 e. The van der Waals surface area contributed by atoms with E-state index in [1.165, 1.54) is 0 Å². The molecule has 0 amide bonds. The molecule has 128 valence electrons. The number of hydrogen-bond acceptors (Lipinski definition) is 4. The highest BCUT2D eigenvalue weighted by Gasteiger charge is 2.15. The van der Waals surface area contributed by atoms with Crippen LogP contribution in [0.5, 0.6) is 5.75 Å². The maximum atomic E-state index is 12.7. The first-order valence-electron chi connectivity index (χ1n) is 8.01. The van der Waals surface area contributed by atoms with Gasteiger partial charge in [0.05, 0.1) is 19.3 Å². The van der Waals surface area contributed by atoms with Gasteiger partial charge in [0.1, 0.15) is 5.75 Å². The van der Waals surface area contributed by atoms with Crippen molar-refractivity contribution in [2.75, 3.05) is 13.7 Å². The van der Waals surface area contributed by atoms with Crippen molar-refractivity contribution in [1.29, 1.82) is 0 Å². The molecule has 0 saturated carbocycles. The van der Waals surface area contributed by atoms with Gasteiger partial charge in [0.2, 0.25) is 0 Å². The molecule has 3 aromatic rings. The van der Waals surface area contributed by atoms with Crippen molar-refractivity contribution in [1.82, 2.24) is 4.40 Å². The number of hydrogen-bond donors (Lipinski definition) is 0. The van der Waals surface area contributed by atoms with Gasteiger partial charge < -0.3 is 13.9 Å². The summed E-state index contributed by atoms with van der Waals surface area (Å²) in [6, 6.07) is 10.5. The van der Waals surface area contributed by atoms with Gasteiger partial charge in [-0.25, -0.2) is 4.79 Å². The van der Waals surface area contributed by atoms with Crippen LogP contribution in [-0.4, -0.2) is 29.9 Å². The van der Waals surface area contributed by atoms with Gasteiger partial charge in [0.15, 0.2) is 5.78 Å². The molecule has 0 aliphatic carbocycles. The van der Waals surface area contributed by atoms with Crippen LogP contribution >= 0.6 is 0 Å². The fraction of sp³-hybridized carbons (Fsp3) is 0.200. The molecule has 0 saturated heterocycles. The lowest BCUT2D eigenvalue weighted by atomic mass is 10.1. The van der Waals surface area contributed by atoms with E-state index in [0.29, 0.717) is 29.0 Å². The Labute approximate surface area is 145 Å². The predicted octanol–water partition coefficient (Wildman–Crippen LogP) is 3.66. The molecular formula is C20H19NO4. The van der Waals surface area contributed by atoms with E-state index in [1.807, 2.05) is 17.5 Å². The van der Waals surface area contributed by atoms with Gasteiger partial charge in [-0.15, -0.1) is 0 Å². The third kappa shape index (κ3) is 3.26. The summed E-state index contributed by atoms with van der Waals surface area (Å²) in [5.74, 6) is 0.265. The summed E-state index contributed by atoms with van der Waals surface area (Å²) in [4.78, 5) is 24.7. The molecule has 25 heavy (non-hydrogen) atoms. The number of aromatic nitrogens is 1. The molecule has 5 nitrogen and oxygen atoms in total. The van der Waals surface area contributed by atoms with Crippen LogP contribution in [0.25, 0.3) is 5.52 Å². The lowest BCUT2D eigenvalue weighted by molar-refractivity contribution is 0.0525. The van der Waals surface area contributed by atoms with E-state index >= 15 is 0 Å². The smallest absolute Gasteiger partial charge is 0.338 e. The zero-order valence-electron chi connectivity index (χ0n) is 14.4. The van der Waals surface area contributed by atoms with Gasteiger partial charge in [-0.3, -0.25) is 4.79 Å². The van der Waals surface area contributed by atoms with E-state index in [1.54, 1.807) is 56.6 Å². The number of aryl methyl sites for hydroxylation is 1. The number of ether oxygens (including phenoxy) is 2. The summed E-state index contributed by atoms with van der Waals surface area (Å²) in [7, 11) is 1.58. The maximum absolute atomic E-state index is 12.7. The molecule has 0 radical (unpaired) electrons. The van der Waals surface area contributed by atoms with Gasteiger partial charge in [0, 0.05) is 29.0 Å². The van der Waals surface area contributed by atoms with Crippen molar-refractivity contribution in [3.63, 3.8) is 0 Å². The van der Waals surface area contributed by atoms with Crippen LogP contribution in [0, 0.1) is 6.92 Å². The molecule has 0 fully saturated rings. The maximum Gasteiger partial charge on any atom is 0.338 e. The first-order chi connectivity index (χ1) is 12.0. The number of esters is 1. The van der Waals surface area contributed by atoms with Gasteiger partial charge >= 0.3 is 5.97 Å². The summed E-state index contributed by atoms with van der Waals surface area (Å²) in [6.45, 7) is 3.94. The summed E-state index contributed by atoms with van der Waals surface area (Å²) in [6.07, 6.45) is 3.59. The van der Waals surface area contributed by atoms with Crippen molar-refractivity contribution in [2.45, 2.75) is 13.8 Å². The van der Waals surface area contributed by atoms with Crippen LogP contribution in [0.4, 0.5) is 0 Å². The Morgan fingerprint density at radius 1 is 1.04 bits per heavy atom. The number of pyridine rings is 1. The molecule has 0 atom stereocenters. The molecular weight excluding hydrogens is 318 g/mol. The molecule has 3 rings (SSSR count). The number of methoxy groups -OCH3 is 1. The SMILES string of the molecule is CCOC(=O)c1cc2cc(C(=O)c3ccc(OC)cc3)cn2cc1C. The average Bonchev–Trinajstić information content (AvgIpc) is 3.03. The first-order valence-corrected chi connectivity index (χ1v) is 8.01. The number of carbonyl (C=O) groups excluding carboxylic acids is 2. The highest BCUT2D eigenvalue weighted by molar-refractivity contribution is 6.09. The Hall–Kier alpha value is -3.08. The van der Waals surface area contributed by atoms with Crippen LogP contribution in [0.1, 0.15) is 38.8 Å². The fourth-order valence-electron chi connectivity index (χ4n) is 2.73. The molecule has 0 bridgehead atoms. The topological polar surface area (TPSA) is 57.0 Å². The van der Waals surface area contributed by atoms with Gasteiger partial charge in [-0.1, -0.05) is 0 Å². The number of ketones is 1. The van der Waals surface area contributed by atoms with Crippen molar-refractivity contribution in [3.8, 4) is 5.75 Å². The zero-order valence-corrected chi connectivity index (χ0v) is 14.4. The molecule has 1 aromatic carbocycles. The van der Waals surface area contributed by atoms with Gasteiger partial charge in [-0.05, 0) is 55.8 Å². The molecule has 0 aliphatic heterocycles. The second kappa shape index (κ2) is 6.81. The molecule has 2 aromatic heterocycles. The number of fused-ring (bicyclic) bond motifs is 1. The zero-order chi connectivity index (χ0) is 18.0. The van der Waals surface area contributed by atoms with Crippen molar-refractivity contribution in [3.05, 3.63) is 71.0 Å².